The van der Waals surface area contributed by atoms with Gasteiger partial charge in [0.2, 0.25) is 0 Å². The van der Waals surface area contributed by atoms with E-state index in [0.29, 0.717) is 12.5 Å². The number of nitrogens with one attached hydrogen (secondary N) is 1. The van der Waals surface area contributed by atoms with Crippen LogP contribution in [0.4, 0.5) is 5.69 Å². The Balaban J connectivity index is 2.24. The molecule has 3 N–H and O–H groups in total. The minimum atomic E-state index is 0.0432. The summed E-state index contributed by atoms with van der Waals surface area (Å²) in [6.45, 7) is 5.35. The summed E-state index contributed by atoms with van der Waals surface area (Å²) in [4.78, 5) is 0. The monoisotopic (exact) mass is 310 g/mol. The van der Waals surface area contributed by atoms with Gasteiger partial charge < -0.3 is 11.1 Å². The molecule has 18 heavy (non-hydrogen) atoms. The number of nitrogens with two attached hydrogens (primary N) is 1. The lowest BCUT2D eigenvalue weighted by Gasteiger charge is -2.46. The van der Waals surface area contributed by atoms with Crippen molar-refractivity contribution in [2.75, 3.05) is 11.9 Å². The minimum Gasteiger partial charge on any atom is -0.377 e. The quantitative estimate of drug-likeness (QED) is 0.885. The first-order chi connectivity index (χ1) is 8.57. The molecule has 0 aromatic heterocycles. The summed E-state index contributed by atoms with van der Waals surface area (Å²) in [5.74, 6) is 1.37. The largest absolute Gasteiger partial charge is 0.377 e. The fourth-order valence-corrected chi connectivity index (χ4v) is 3.46. The van der Waals surface area contributed by atoms with Gasteiger partial charge in [0.1, 0.15) is 0 Å². The van der Waals surface area contributed by atoms with E-state index in [0.717, 1.165) is 22.5 Å². The van der Waals surface area contributed by atoms with Crippen LogP contribution in [0.2, 0.25) is 0 Å². The third-order valence-corrected chi connectivity index (χ3v) is 5.06. The normalized spacial score (nSPS) is 32.2. The van der Waals surface area contributed by atoms with E-state index in [9.17, 15) is 0 Å². The molecule has 3 atom stereocenters. The van der Waals surface area contributed by atoms with Crippen LogP contribution < -0.4 is 11.1 Å². The molecule has 0 amide bonds. The maximum Gasteiger partial charge on any atom is 0.0524 e. The summed E-state index contributed by atoms with van der Waals surface area (Å²) < 4.78 is 1.11. The van der Waals surface area contributed by atoms with Gasteiger partial charge in [-0.1, -0.05) is 32.4 Å². The molecular weight excluding hydrogens is 288 g/mol. The molecule has 0 bridgehead atoms. The van der Waals surface area contributed by atoms with Crippen molar-refractivity contribution >= 4 is 21.6 Å². The van der Waals surface area contributed by atoms with E-state index in [1.54, 1.807) is 0 Å². The maximum atomic E-state index is 6.11. The Kier molecular flexibility index (Phi) is 4.33. The molecule has 1 saturated carbocycles. The number of hydrogen-bond acceptors (Lipinski definition) is 2. The van der Waals surface area contributed by atoms with Crippen molar-refractivity contribution in [1.82, 2.24) is 0 Å². The van der Waals surface area contributed by atoms with Gasteiger partial charge in [0.15, 0.2) is 0 Å². The molecule has 1 aromatic carbocycles. The average Bonchev–Trinajstić information content (AvgIpc) is 2.36. The van der Waals surface area contributed by atoms with Crippen molar-refractivity contribution in [2.45, 2.75) is 38.6 Å². The highest BCUT2D eigenvalue weighted by Gasteiger charge is 2.39. The average molecular weight is 311 g/mol. The Morgan fingerprint density at radius 2 is 2.06 bits per heavy atom. The van der Waals surface area contributed by atoms with Crippen molar-refractivity contribution in [2.24, 2.45) is 17.6 Å². The van der Waals surface area contributed by atoms with Crippen LogP contribution in [0.15, 0.2) is 28.7 Å². The molecule has 0 spiro atoms. The summed E-state index contributed by atoms with van der Waals surface area (Å²) in [6.07, 6.45) is 3.74. The predicted molar refractivity (Wildman–Crippen MR) is 81.7 cm³/mol. The topological polar surface area (TPSA) is 38.0 Å². The number of hydrogen-bond donors (Lipinski definition) is 2. The zero-order valence-electron chi connectivity index (χ0n) is 11.2. The zero-order valence-corrected chi connectivity index (χ0v) is 12.8. The second-order valence-corrected chi connectivity index (χ2v) is 6.61. The standard InChI is InChI=1S/C15H23BrN2/c1-11-7-8-12(2)15(9-11,10-17)18-14-6-4-3-5-13(14)16/h3-6,11-12,18H,7-10,17H2,1-2H3. The van der Waals surface area contributed by atoms with Crippen molar-refractivity contribution in [3.05, 3.63) is 28.7 Å². The van der Waals surface area contributed by atoms with Crippen LogP contribution in [-0.4, -0.2) is 12.1 Å². The van der Waals surface area contributed by atoms with Crippen LogP contribution in [0.5, 0.6) is 0 Å². The molecule has 2 nitrogen and oxygen atoms in total. The lowest BCUT2D eigenvalue weighted by Crippen LogP contribution is -2.54. The molecule has 0 radical (unpaired) electrons. The highest BCUT2D eigenvalue weighted by Crippen LogP contribution is 2.39. The summed E-state index contributed by atoms with van der Waals surface area (Å²) >= 11 is 3.61. The van der Waals surface area contributed by atoms with Gasteiger partial charge in [-0.05, 0) is 52.7 Å². The van der Waals surface area contributed by atoms with E-state index in [1.807, 2.05) is 6.07 Å². The Morgan fingerprint density at radius 1 is 1.33 bits per heavy atom. The van der Waals surface area contributed by atoms with Gasteiger partial charge in [-0.15, -0.1) is 0 Å². The second-order valence-electron chi connectivity index (χ2n) is 5.75. The number of rotatable bonds is 3. The highest BCUT2D eigenvalue weighted by molar-refractivity contribution is 9.10. The van der Waals surface area contributed by atoms with E-state index in [4.69, 9.17) is 5.73 Å². The first kappa shape index (κ1) is 13.9. The van der Waals surface area contributed by atoms with Crippen LogP contribution in [0.3, 0.4) is 0 Å². The fourth-order valence-electron chi connectivity index (χ4n) is 3.08. The van der Waals surface area contributed by atoms with Gasteiger partial charge in [-0.3, -0.25) is 0 Å². The van der Waals surface area contributed by atoms with Gasteiger partial charge in [0, 0.05) is 16.7 Å². The van der Waals surface area contributed by atoms with Crippen molar-refractivity contribution in [1.29, 1.82) is 0 Å². The van der Waals surface area contributed by atoms with Gasteiger partial charge >= 0.3 is 0 Å². The van der Waals surface area contributed by atoms with Crippen LogP contribution >= 0.6 is 15.9 Å². The fraction of sp³-hybridized carbons (Fsp3) is 0.600. The van der Waals surface area contributed by atoms with Gasteiger partial charge in [-0.25, -0.2) is 0 Å². The molecule has 0 saturated heterocycles. The van der Waals surface area contributed by atoms with Gasteiger partial charge in [0.05, 0.1) is 5.54 Å². The number of halogens is 1. The number of anilines is 1. The SMILES string of the molecule is CC1CCC(C)C(CN)(Nc2ccccc2Br)C1. The summed E-state index contributed by atoms with van der Waals surface area (Å²) in [6, 6.07) is 8.29. The second kappa shape index (κ2) is 5.62. The van der Waals surface area contributed by atoms with E-state index in [1.165, 1.54) is 12.8 Å². The molecular formula is C15H23BrN2. The zero-order chi connectivity index (χ0) is 13.2. The predicted octanol–water partition coefficient (Wildman–Crippen LogP) is 4.01. The molecule has 1 aliphatic carbocycles. The summed E-state index contributed by atoms with van der Waals surface area (Å²) in [7, 11) is 0. The Labute approximate surface area is 118 Å². The van der Waals surface area contributed by atoms with E-state index < -0.39 is 0 Å². The first-order valence-corrected chi connectivity index (χ1v) is 7.59. The maximum absolute atomic E-state index is 6.11. The molecule has 0 heterocycles. The number of benzene rings is 1. The molecule has 1 fully saturated rings. The van der Waals surface area contributed by atoms with Crippen molar-refractivity contribution in [3.63, 3.8) is 0 Å². The van der Waals surface area contributed by atoms with Crippen molar-refractivity contribution < 1.29 is 0 Å². The van der Waals surface area contributed by atoms with Crippen molar-refractivity contribution in [3.8, 4) is 0 Å². The molecule has 2 rings (SSSR count). The lowest BCUT2D eigenvalue weighted by molar-refractivity contribution is 0.188. The Hall–Kier alpha value is -0.540. The summed E-state index contributed by atoms with van der Waals surface area (Å²) in [5.41, 5.74) is 7.31. The smallest absolute Gasteiger partial charge is 0.0524 e. The third kappa shape index (κ3) is 2.72. The van der Waals surface area contributed by atoms with Crippen LogP contribution in [0.1, 0.15) is 33.1 Å². The van der Waals surface area contributed by atoms with E-state index >= 15 is 0 Å². The third-order valence-electron chi connectivity index (χ3n) is 4.37. The number of para-hydroxylation sites is 1. The van der Waals surface area contributed by atoms with Crippen LogP contribution in [0.25, 0.3) is 0 Å². The molecule has 1 aromatic rings. The molecule has 100 valence electrons. The molecule has 3 unspecified atom stereocenters. The van der Waals surface area contributed by atoms with E-state index in [2.05, 4.69) is 53.3 Å². The van der Waals surface area contributed by atoms with Gasteiger partial charge in [-0.2, -0.15) is 0 Å². The lowest BCUT2D eigenvalue weighted by atomic mass is 9.69. The first-order valence-electron chi connectivity index (χ1n) is 6.80. The van der Waals surface area contributed by atoms with Crippen LogP contribution in [-0.2, 0) is 0 Å². The molecule has 1 aliphatic rings. The highest BCUT2D eigenvalue weighted by atomic mass is 79.9. The van der Waals surface area contributed by atoms with Gasteiger partial charge in [0.25, 0.3) is 0 Å². The minimum absolute atomic E-state index is 0.0432. The summed E-state index contributed by atoms with van der Waals surface area (Å²) in [5, 5.41) is 3.72. The molecule has 0 aliphatic heterocycles. The van der Waals surface area contributed by atoms with E-state index in [-0.39, 0.29) is 5.54 Å². The Bertz CT molecular complexity index is 407. The molecule has 3 heteroatoms. The van der Waals surface area contributed by atoms with Crippen LogP contribution in [0, 0.1) is 11.8 Å². The Morgan fingerprint density at radius 3 is 2.72 bits per heavy atom.